The van der Waals surface area contributed by atoms with Crippen molar-refractivity contribution in [1.29, 1.82) is 0 Å². The first-order chi connectivity index (χ1) is 10.1. The molecule has 0 aromatic heterocycles. The fraction of sp³-hybridized carbons (Fsp3) is 0.238. The lowest BCUT2D eigenvalue weighted by atomic mass is 9.88. The Morgan fingerprint density at radius 2 is 1.81 bits per heavy atom. The van der Waals surface area contributed by atoms with Gasteiger partial charge in [0.15, 0.2) is 0 Å². The van der Waals surface area contributed by atoms with Crippen molar-refractivity contribution in [1.82, 2.24) is 0 Å². The third-order valence-corrected chi connectivity index (χ3v) is 3.98. The summed E-state index contributed by atoms with van der Waals surface area (Å²) in [6.45, 7) is 10.6. The molecule has 2 aromatic rings. The zero-order chi connectivity index (χ0) is 15.4. The molecule has 0 saturated heterocycles. The summed E-state index contributed by atoms with van der Waals surface area (Å²) in [6.07, 6.45) is 7.54. The number of terminal acetylenes is 1. The van der Waals surface area contributed by atoms with E-state index in [1.54, 1.807) is 0 Å². The lowest BCUT2D eigenvalue weighted by molar-refractivity contribution is 1.08. The van der Waals surface area contributed by atoms with Crippen LogP contribution in [0.5, 0.6) is 0 Å². The van der Waals surface area contributed by atoms with Gasteiger partial charge in [-0.05, 0) is 60.6 Å². The van der Waals surface area contributed by atoms with E-state index in [2.05, 4.69) is 57.5 Å². The Balaban J connectivity index is 2.56. The maximum Gasteiger partial charge on any atom is 0.0280 e. The van der Waals surface area contributed by atoms with Crippen LogP contribution in [0.4, 0.5) is 0 Å². The van der Waals surface area contributed by atoms with Crippen molar-refractivity contribution in [2.75, 3.05) is 0 Å². The Hall–Kier alpha value is -2.26. The van der Waals surface area contributed by atoms with Crippen LogP contribution in [0.15, 0.2) is 43.0 Å². The second kappa shape index (κ2) is 6.46. The quantitative estimate of drug-likeness (QED) is 0.675. The monoisotopic (exact) mass is 274 g/mol. The number of aryl methyl sites for hydroxylation is 2. The van der Waals surface area contributed by atoms with Gasteiger partial charge < -0.3 is 0 Å². The van der Waals surface area contributed by atoms with Crippen molar-refractivity contribution in [3.05, 3.63) is 76.4 Å². The first kappa shape index (κ1) is 15.1. The smallest absolute Gasteiger partial charge is 0.0280 e. The van der Waals surface area contributed by atoms with Gasteiger partial charge in [-0.3, -0.25) is 0 Å². The number of rotatable bonds is 4. The Bertz CT molecular complexity index is 711. The maximum absolute atomic E-state index is 5.66. The van der Waals surface area contributed by atoms with Gasteiger partial charge in [0.2, 0.25) is 0 Å². The van der Waals surface area contributed by atoms with Crippen molar-refractivity contribution in [2.45, 2.75) is 33.6 Å². The largest absolute Gasteiger partial charge is 0.115 e. The molecule has 0 heterocycles. The second-order valence-electron chi connectivity index (χ2n) is 5.51. The number of benzene rings is 2. The Labute approximate surface area is 128 Å². The molecule has 0 atom stereocenters. The van der Waals surface area contributed by atoms with Gasteiger partial charge in [-0.2, -0.15) is 0 Å². The number of hydrogen-bond donors (Lipinski definition) is 0. The van der Waals surface area contributed by atoms with Gasteiger partial charge in [0, 0.05) is 5.56 Å². The number of hydrogen-bond acceptors (Lipinski definition) is 0. The van der Waals surface area contributed by atoms with E-state index in [0.29, 0.717) is 0 Å². The van der Waals surface area contributed by atoms with Gasteiger partial charge >= 0.3 is 0 Å². The van der Waals surface area contributed by atoms with Crippen molar-refractivity contribution >= 4 is 5.57 Å². The highest BCUT2D eigenvalue weighted by molar-refractivity contribution is 5.68. The fourth-order valence-electron chi connectivity index (χ4n) is 2.91. The summed E-state index contributed by atoms with van der Waals surface area (Å²) in [5, 5.41) is 0. The standard InChI is InChI=1S/C21H22/c1-6-17-11-8-10-16(5)20(17)14-19-13-9-12-18(7-2)21(19)15(3)4/h1,8-13H,3,7,14H2,2,4-5H3. The van der Waals surface area contributed by atoms with E-state index < -0.39 is 0 Å². The molecule has 0 aliphatic rings. The molecule has 0 saturated carbocycles. The minimum Gasteiger partial charge on any atom is -0.115 e. The molecule has 0 amide bonds. The van der Waals surface area contributed by atoms with Gasteiger partial charge in [-0.1, -0.05) is 55.3 Å². The summed E-state index contributed by atoms with van der Waals surface area (Å²) in [5.74, 6) is 2.81. The molecule has 0 aliphatic carbocycles. The van der Waals surface area contributed by atoms with Crippen LogP contribution >= 0.6 is 0 Å². The molecule has 0 aliphatic heterocycles. The van der Waals surface area contributed by atoms with E-state index in [1.807, 2.05) is 12.1 Å². The highest BCUT2D eigenvalue weighted by atomic mass is 14.2. The Kier molecular flexibility index (Phi) is 4.66. The average molecular weight is 274 g/mol. The van der Waals surface area contributed by atoms with Crippen LogP contribution < -0.4 is 0 Å². The SMILES string of the molecule is C#Cc1cccc(C)c1Cc1cccc(CC)c1C(=C)C. The third kappa shape index (κ3) is 3.09. The molecule has 0 nitrogen and oxygen atoms in total. The minimum atomic E-state index is 0.863. The van der Waals surface area contributed by atoms with Crippen LogP contribution in [0.3, 0.4) is 0 Å². The van der Waals surface area contributed by atoms with E-state index in [-0.39, 0.29) is 0 Å². The topological polar surface area (TPSA) is 0 Å². The van der Waals surface area contributed by atoms with Crippen LogP contribution in [0.1, 0.15) is 47.2 Å². The van der Waals surface area contributed by atoms with Crippen LogP contribution in [-0.4, -0.2) is 0 Å². The van der Waals surface area contributed by atoms with Crippen molar-refractivity contribution in [2.24, 2.45) is 0 Å². The van der Waals surface area contributed by atoms with E-state index in [9.17, 15) is 0 Å². The summed E-state index contributed by atoms with van der Waals surface area (Å²) in [6, 6.07) is 12.7. The zero-order valence-corrected chi connectivity index (χ0v) is 13.2. The summed E-state index contributed by atoms with van der Waals surface area (Å²) in [7, 11) is 0. The molecule has 2 aromatic carbocycles. The zero-order valence-electron chi connectivity index (χ0n) is 13.2. The van der Waals surface area contributed by atoms with E-state index in [1.165, 1.54) is 27.8 Å². The molecular weight excluding hydrogens is 252 g/mol. The first-order valence-corrected chi connectivity index (χ1v) is 7.40. The molecule has 0 unspecified atom stereocenters. The molecule has 0 spiro atoms. The molecule has 0 radical (unpaired) electrons. The van der Waals surface area contributed by atoms with Crippen molar-refractivity contribution in [3.63, 3.8) is 0 Å². The average Bonchev–Trinajstić information content (AvgIpc) is 2.48. The predicted molar refractivity (Wildman–Crippen MR) is 92.4 cm³/mol. The second-order valence-corrected chi connectivity index (χ2v) is 5.51. The van der Waals surface area contributed by atoms with Crippen molar-refractivity contribution in [3.8, 4) is 12.3 Å². The Morgan fingerprint density at radius 3 is 2.43 bits per heavy atom. The fourth-order valence-corrected chi connectivity index (χ4v) is 2.91. The van der Waals surface area contributed by atoms with Crippen LogP contribution in [0.2, 0.25) is 0 Å². The lowest BCUT2D eigenvalue weighted by Gasteiger charge is -2.16. The summed E-state index contributed by atoms with van der Waals surface area (Å²) >= 11 is 0. The van der Waals surface area contributed by atoms with E-state index in [0.717, 1.165) is 24.0 Å². The molecular formula is C21H22. The summed E-state index contributed by atoms with van der Waals surface area (Å²) < 4.78 is 0. The van der Waals surface area contributed by atoms with E-state index >= 15 is 0 Å². The highest BCUT2D eigenvalue weighted by Crippen LogP contribution is 2.27. The summed E-state index contributed by atoms with van der Waals surface area (Å²) in [5.41, 5.74) is 8.58. The molecule has 0 bridgehead atoms. The molecule has 106 valence electrons. The normalized spacial score (nSPS) is 10.2. The molecule has 0 N–H and O–H groups in total. The van der Waals surface area contributed by atoms with Crippen LogP contribution in [-0.2, 0) is 12.8 Å². The molecule has 2 rings (SSSR count). The third-order valence-electron chi connectivity index (χ3n) is 3.98. The van der Waals surface area contributed by atoms with Crippen LogP contribution in [0, 0.1) is 19.3 Å². The molecule has 21 heavy (non-hydrogen) atoms. The van der Waals surface area contributed by atoms with Gasteiger partial charge in [0.05, 0.1) is 0 Å². The van der Waals surface area contributed by atoms with Crippen LogP contribution in [0.25, 0.3) is 5.57 Å². The summed E-state index contributed by atoms with van der Waals surface area (Å²) in [4.78, 5) is 0. The predicted octanol–water partition coefficient (Wildman–Crippen LogP) is 5.16. The van der Waals surface area contributed by atoms with Gasteiger partial charge in [0.1, 0.15) is 0 Å². The lowest BCUT2D eigenvalue weighted by Crippen LogP contribution is -2.01. The molecule has 0 fully saturated rings. The maximum atomic E-state index is 5.66. The highest BCUT2D eigenvalue weighted by Gasteiger charge is 2.11. The van der Waals surface area contributed by atoms with Gasteiger partial charge in [-0.15, -0.1) is 6.42 Å². The minimum absolute atomic E-state index is 0.863. The number of allylic oxidation sites excluding steroid dienone is 1. The van der Waals surface area contributed by atoms with Gasteiger partial charge in [0.25, 0.3) is 0 Å². The van der Waals surface area contributed by atoms with Gasteiger partial charge in [-0.25, -0.2) is 0 Å². The first-order valence-electron chi connectivity index (χ1n) is 7.40. The Morgan fingerprint density at radius 1 is 1.14 bits per heavy atom. The van der Waals surface area contributed by atoms with Crippen molar-refractivity contribution < 1.29 is 0 Å². The molecule has 0 heteroatoms. The van der Waals surface area contributed by atoms with E-state index in [4.69, 9.17) is 6.42 Å².